The number of sulfone groups is 1. The van der Waals surface area contributed by atoms with Crippen molar-refractivity contribution in [2.75, 3.05) is 44.5 Å². The summed E-state index contributed by atoms with van der Waals surface area (Å²) in [7, 11) is -3.64. The Kier molecular flexibility index (Phi) is 19.3. The van der Waals surface area contributed by atoms with Crippen molar-refractivity contribution in [2.45, 2.75) is 143 Å². The molecule has 0 aliphatic carbocycles. The van der Waals surface area contributed by atoms with Gasteiger partial charge in [0.15, 0.2) is 28.7 Å². The van der Waals surface area contributed by atoms with Gasteiger partial charge in [0.1, 0.15) is 73.2 Å². The molecule has 346 valence electrons. The van der Waals surface area contributed by atoms with Crippen LogP contribution in [0.5, 0.6) is 0 Å². The van der Waals surface area contributed by atoms with Gasteiger partial charge in [0, 0.05) is 32.2 Å². The third-order valence-electron chi connectivity index (χ3n) is 10.2. The maximum absolute atomic E-state index is 12.5. The van der Waals surface area contributed by atoms with Gasteiger partial charge in [-0.3, -0.25) is 14.4 Å². The highest BCUT2D eigenvalue weighted by atomic mass is 32.2. The predicted octanol–water partition coefficient (Wildman–Crippen LogP) is -7.07. The monoisotopic (exact) mass is 892 g/mol. The van der Waals surface area contributed by atoms with Gasteiger partial charge in [0.05, 0.1) is 37.9 Å². The molecule has 4 aliphatic rings. The number of nitrogens with zero attached hydrogens (tertiary/aromatic N) is 1. The van der Waals surface area contributed by atoms with Gasteiger partial charge < -0.3 is 89.6 Å². The van der Waals surface area contributed by atoms with Crippen molar-refractivity contribution in [3.63, 3.8) is 0 Å². The standard InChI is InChI=1S/C34H56N2O23S/c37-13-16-23(43)26(46)28(48)32(55-16)54-15-18-25(45)31(58-34-29(49)27(47)24(44)17(14-38)56-34)30(50)33(57-18)53-10-9-35-19(39)8-12-60(51,52)11-4-2-1-3-5-22(42)59-36-20(40)6-7-21(36)41/h16-18,23-34,37-38,43-50H,1-15H2,(H,35,39)/t16-,17-,18-,23-,24-,25-,26+,27+,28+,29+,30+,31+,32+,33-,34-/m1/s1. The molecule has 0 saturated carbocycles. The van der Waals surface area contributed by atoms with Crippen LogP contribution >= 0.6 is 0 Å². The molecule has 15 atom stereocenters. The van der Waals surface area contributed by atoms with Crippen LogP contribution < -0.4 is 5.32 Å². The Morgan fingerprint density at radius 2 is 1.20 bits per heavy atom. The fraction of sp³-hybridized carbons (Fsp3) is 0.882. The number of aliphatic hydroxyl groups excluding tert-OH is 10. The van der Waals surface area contributed by atoms with Gasteiger partial charge in [0.2, 0.25) is 5.91 Å². The molecule has 4 heterocycles. The van der Waals surface area contributed by atoms with Crippen LogP contribution in [0.25, 0.3) is 0 Å². The molecule has 4 fully saturated rings. The third kappa shape index (κ3) is 13.4. The smallest absolute Gasteiger partial charge is 0.333 e. The molecule has 25 nitrogen and oxygen atoms in total. The van der Waals surface area contributed by atoms with Gasteiger partial charge in [-0.1, -0.05) is 12.8 Å². The SMILES string of the molecule is O=C(CCS(=O)(=O)CCCCCCC(=O)ON1C(=O)CCC1=O)NCCO[C@@H]1O[C@H](CO[C@H]2O[C@H](CO)[C@@H](O)[C@H](O)[C@@H]2O)[C@@H](O)[C@H](O[C@H]2O[C@H](CO)[C@@H](O)[C@H](O)[C@@H]2O)[C@@H]1O. The zero-order valence-corrected chi connectivity index (χ0v) is 33.2. The van der Waals surface area contributed by atoms with Crippen molar-refractivity contribution in [1.29, 1.82) is 0 Å². The quantitative estimate of drug-likeness (QED) is 0.0355. The number of aliphatic hydroxyl groups is 10. The van der Waals surface area contributed by atoms with E-state index >= 15 is 0 Å². The van der Waals surface area contributed by atoms with E-state index in [-0.39, 0.29) is 44.6 Å². The Labute approximate surface area is 343 Å². The molecule has 0 aromatic rings. The summed E-state index contributed by atoms with van der Waals surface area (Å²) in [5.41, 5.74) is 0. The number of rotatable bonds is 22. The summed E-state index contributed by atoms with van der Waals surface area (Å²) in [6, 6.07) is 0. The van der Waals surface area contributed by atoms with Crippen molar-refractivity contribution < 1.29 is 112 Å². The lowest BCUT2D eigenvalue weighted by Crippen LogP contribution is -2.65. The lowest BCUT2D eigenvalue weighted by Gasteiger charge is -2.46. The molecule has 0 radical (unpaired) electrons. The minimum absolute atomic E-state index is 0.0255. The summed E-state index contributed by atoms with van der Waals surface area (Å²) in [4.78, 5) is 52.2. The average molecular weight is 893 g/mol. The number of imide groups is 1. The molecule has 0 aromatic carbocycles. The van der Waals surface area contributed by atoms with E-state index in [2.05, 4.69) is 5.32 Å². The molecular weight excluding hydrogens is 836 g/mol. The lowest BCUT2D eigenvalue weighted by molar-refractivity contribution is -0.366. The summed E-state index contributed by atoms with van der Waals surface area (Å²) in [6.45, 7) is -2.88. The van der Waals surface area contributed by atoms with E-state index in [9.17, 15) is 78.7 Å². The average Bonchev–Trinajstić information content (AvgIpc) is 3.53. The lowest BCUT2D eigenvalue weighted by atomic mass is 9.96. The van der Waals surface area contributed by atoms with E-state index in [0.717, 1.165) is 0 Å². The van der Waals surface area contributed by atoms with Crippen molar-refractivity contribution in [2.24, 2.45) is 0 Å². The molecule has 0 unspecified atom stereocenters. The minimum Gasteiger partial charge on any atom is -0.394 e. The van der Waals surface area contributed by atoms with Crippen LogP contribution in [0.2, 0.25) is 0 Å². The second-order valence-electron chi connectivity index (χ2n) is 14.7. The number of hydrogen-bond acceptors (Lipinski definition) is 23. The van der Waals surface area contributed by atoms with Crippen molar-refractivity contribution >= 4 is 33.5 Å². The predicted molar refractivity (Wildman–Crippen MR) is 192 cm³/mol. The van der Waals surface area contributed by atoms with Crippen LogP contribution in [0.3, 0.4) is 0 Å². The first-order valence-electron chi connectivity index (χ1n) is 19.4. The van der Waals surface area contributed by atoms with Crippen molar-refractivity contribution in [3.8, 4) is 0 Å². The molecule has 4 rings (SSSR count). The van der Waals surface area contributed by atoms with E-state index < -0.39 is 158 Å². The highest BCUT2D eigenvalue weighted by molar-refractivity contribution is 7.91. The molecule has 4 saturated heterocycles. The van der Waals surface area contributed by atoms with Crippen LogP contribution in [0.1, 0.15) is 51.4 Å². The van der Waals surface area contributed by atoms with Gasteiger partial charge in [-0.2, -0.15) is 0 Å². The van der Waals surface area contributed by atoms with Crippen LogP contribution in [0.4, 0.5) is 0 Å². The fourth-order valence-corrected chi connectivity index (χ4v) is 7.97. The number of carbonyl (C=O) groups is 4. The maximum Gasteiger partial charge on any atom is 0.333 e. The molecule has 0 bridgehead atoms. The van der Waals surface area contributed by atoms with Crippen LogP contribution in [0.15, 0.2) is 0 Å². The van der Waals surface area contributed by atoms with Gasteiger partial charge >= 0.3 is 5.97 Å². The van der Waals surface area contributed by atoms with Gasteiger partial charge in [-0.25, -0.2) is 13.2 Å². The Balaban J connectivity index is 1.24. The van der Waals surface area contributed by atoms with E-state index in [0.29, 0.717) is 24.3 Å². The molecule has 3 amide bonds. The van der Waals surface area contributed by atoms with Crippen LogP contribution in [0, 0.1) is 0 Å². The van der Waals surface area contributed by atoms with Crippen molar-refractivity contribution in [3.05, 3.63) is 0 Å². The van der Waals surface area contributed by atoms with E-state index in [1.807, 2.05) is 0 Å². The van der Waals surface area contributed by atoms with Gasteiger partial charge in [-0.05, 0) is 12.8 Å². The molecule has 26 heteroatoms. The van der Waals surface area contributed by atoms with Crippen LogP contribution in [-0.2, 0) is 62.3 Å². The second kappa shape index (κ2) is 23.2. The highest BCUT2D eigenvalue weighted by Gasteiger charge is 2.52. The first-order valence-corrected chi connectivity index (χ1v) is 21.3. The zero-order valence-electron chi connectivity index (χ0n) is 32.4. The summed E-state index contributed by atoms with van der Waals surface area (Å²) in [6.07, 6.45) is -24.9. The Bertz CT molecular complexity index is 1510. The number of ether oxygens (including phenoxy) is 6. The van der Waals surface area contributed by atoms with Crippen molar-refractivity contribution in [1.82, 2.24) is 10.4 Å². The van der Waals surface area contributed by atoms with E-state index in [1.165, 1.54) is 0 Å². The molecule has 11 N–H and O–H groups in total. The Morgan fingerprint density at radius 3 is 1.82 bits per heavy atom. The fourth-order valence-electron chi connectivity index (χ4n) is 6.62. The van der Waals surface area contributed by atoms with E-state index in [4.69, 9.17) is 33.3 Å². The molecule has 4 aliphatic heterocycles. The first kappa shape index (κ1) is 50.0. The minimum atomic E-state index is -3.64. The van der Waals surface area contributed by atoms with Gasteiger partial charge in [-0.15, -0.1) is 5.06 Å². The normalized spacial score (nSPS) is 36.4. The Morgan fingerprint density at radius 1 is 0.650 bits per heavy atom. The first-order chi connectivity index (χ1) is 28.4. The Hall–Kier alpha value is -2.61. The number of amides is 3. The second-order valence-corrected chi connectivity index (χ2v) is 17.0. The van der Waals surface area contributed by atoms with E-state index in [1.54, 1.807) is 0 Å². The number of carbonyl (C=O) groups excluding carboxylic acids is 4. The summed E-state index contributed by atoms with van der Waals surface area (Å²) >= 11 is 0. The topological polar surface area (TPSA) is 385 Å². The maximum atomic E-state index is 12.5. The molecule has 0 aromatic heterocycles. The third-order valence-corrected chi connectivity index (χ3v) is 11.9. The highest BCUT2D eigenvalue weighted by Crippen LogP contribution is 2.31. The summed E-state index contributed by atoms with van der Waals surface area (Å²) < 4.78 is 58.0. The molecular formula is C34H56N2O23S. The summed E-state index contributed by atoms with van der Waals surface area (Å²) in [5.74, 6) is -3.29. The van der Waals surface area contributed by atoms with Gasteiger partial charge in [0.25, 0.3) is 11.8 Å². The zero-order chi connectivity index (χ0) is 44.3. The number of nitrogens with one attached hydrogen (secondary N) is 1. The number of unbranched alkanes of at least 4 members (excludes halogenated alkanes) is 3. The number of hydroxylamine groups is 2. The largest absolute Gasteiger partial charge is 0.394 e. The number of hydrogen-bond donors (Lipinski definition) is 11. The molecule has 60 heavy (non-hydrogen) atoms. The van der Waals surface area contributed by atoms with Crippen LogP contribution in [-0.4, -0.2) is 225 Å². The molecule has 0 spiro atoms. The summed E-state index contributed by atoms with van der Waals surface area (Å²) in [5, 5.41) is 106.